The fourth-order valence-corrected chi connectivity index (χ4v) is 2.03. The van der Waals surface area contributed by atoms with E-state index in [1.165, 1.54) is 5.56 Å². The molecule has 0 amide bonds. The number of rotatable bonds is 4. The molecule has 0 saturated carbocycles. The van der Waals surface area contributed by atoms with Crippen molar-refractivity contribution < 1.29 is 4.74 Å². The summed E-state index contributed by atoms with van der Waals surface area (Å²) in [5, 5.41) is 7.59. The summed E-state index contributed by atoms with van der Waals surface area (Å²) in [6, 6.07) is 8.45. The molecule has 0 spiro atoms. The van der Waals surface area contributed by atoms with Gasteiger partial charge in [-0.1, -0.05) is 12.1 Å². The molecule has 0 fully saturated rings. The second kappa shape index (κ2) is 5.45. The van der Waals surface area contributed by atoms with Crippen molar-refractivity contribution in [1.82, 2.24) is 15.1 Å². The normalized spacial score (nSPS) is 12.5. The van der Waals surface area contributed by atoms with E-state index >= 15 is 0 Å². The van der Waals surface area contributed by atoms with Crippen molar-refractivity contribution in [1.29, 1.82) is 0 Å². The largest absolute Gasteiger partial charge is 0.453 e. The summed E-state index contributed by atoms with van der Waals surface area (Å²) < 4.78 is 7.82. The van der Waals surface area contributed by atoms with Crippen molar-refractivity contribution in [3.63, 3.8) is 0 Å². The Labute approximate surface area is 114 Å². The third-order valence-electron chi connectivity index (χ3n) is 3.45. The molecule has 0 aliphatic carbocycles. The Hall–Kier alpha value is -1.81. The SMILES string of the molecule is CNC(C)c1cccc(Oc2c(C)nn(C)c2C)c1. The number of hydrogen-bond donors (Lipinski definition) is 1. The molecule has 0 saturated heterocycles. The number of ether oxygens (including phenoxy) is 1. The van der Waals surface area contributed by atoms with E-state index in [0.717, 1.165) is 22.9 Å². The maximum Gasteiger partial charge on any atom is 0.171 e. The average Bonchev–Trinajstić information content (AvgIpc) is 2.65. The zero-order valence-corrected chi connectivity index (χ0v) is 12.2. The summed E-state index contributed by atoms with van der Waals surface area (Å²) in [6.07, 6.45) is 0. The van der Waals surface area contributed by atoms with E-state index in [1.807, 2.05) is 44.8 Å². The first-order valence-electron chi connectivity index (χ1n) is 6.48. The van der Waals surface area contributed by atoms with Gasteiger partial charge in [0.1, 0.15) is 11.4 Å². The molecule has 4 heteroatoms. The fourth-order valence-electron chi connectivity index (χ4n) is 2.03. The van der Waals surface area contributed by atoms with Gasteiger partial charge in [-0.2, -0.15) is 5.10 Å². The van der Waals surface area contributed by atoms with Gasteiger partial charge in [-0.3, -0.25) is 4.68 Å². The van der Waals surface area contributed by atoms with Crippen molar-refractivity contribution in [3.8, 4) is 11.5 Å². The maximum atomic E-state index is 5.98. The van der Waals surface area contributed by atoms with Crippen molar-refractivity contribution in [2.24, 2.45) is 7.05 Å². The minimum absolute atomic E-state index is 0.305. The summed E-state index contributed by atoms with van der Waals surface area (Å²) in [4.78, 5) is 0. The van der Waals surface area contributed by atoms with E-state index in [9.17, 15) is 0 Å². The lowest BCUT2D eigenvalue weighted by molar-refractivity contribution is 0.472. The Morgan fingerprint density at radius 3 is 2.63 bits per heavy atom. The molecule has 1 N–H and O–H groups in total. The van der Waals surface area contributed by atoms with E-state index in [1.54, 1.807) is 0 Å². The van der Waals surface area contributed by atoms with Gasteiger partial charge in [-0.05, 0) is 45.5 Å². The molecular weight excluding hydrogens is 238 g/mol. The number of hydrogen-bond acceptors (Lipinski definition) is 3. The molecule has 0 radical (unpaired) electrons. The van der Waals surface area contributed by atoms with Gasteiger partial charge in [-0.15, -0.1) is 0 Å². The Bertz CT molecular complexity index is 575. The Balaban J connectivity index is 2.28. The van der Waals surface area contributed by atoms with Gasteiger partial charge in [0, 0.05) is 13.1 Å². The molecule has 0 aliphatic heterocycles. The highest BCUT2D eigenvalue weighted by molar-refractivity contribution is 5.39. The van der Waals surface area contributed by atoms with Gasteiger partial charge in [0.15, 0.2) is 5.75 Å². The van der Waals surface area contributed by atoms with Crippen LogP contribution in [-0.2, 0) is 7.05 Å². The quantitative estimate of drug-likeness (QED) is 0.917. The van der Waals surface area contributed by atoms with Crippen LogP contribution in [-0.4, -0.2) is 16.8 Å². The number of aromatic nitrogens is 2. The third-order valence-corrected chi connectivity index (χ3v) is 3.45. The second-order valence-corrected chi connectivity index (χ2v) is 4.81. The predicted octanol–water partition coefficient (Wildman–Crippen LogP) is 3.11. The summed E-state index contributed by atoms with van der Waals surface area (Å²) >= 11 is 0. The Morgan fingerprint density at radius 1 is 1.32 bits per heavy atom. The zero-order valence-electron chi connectivity index (χ0n) is 12.2. The minimum Gasteiger partial charge on any atom is -0.453 e. The molecule has 4 nitrogen and oxygen atoms in total. The Morgan fingerprint density at radius 2 is 2.05 bits per heavy atom. The smallest absolute Gasteiger partial charge is 0.171 e. The number of nitrogens with one attached hydrogen (secondary N) is 1. The number of nitrogens with zero attached hydrogens (tertiary/aromatic N) is 2. The van der Waals surface area contributed by atoms with Crippen LogP contribution in [0.2, 0.25) is 0 Å². The van der Waals surface area contributed by atoms with Crippen LogP contribution in [0.4, 0.5) is 0 Å². The second-order valence-electron chi connectivity index (χ2n) is 4.81. The standard InChI is InChI=1S/C15H21N3O/c1-10(16-4)13-7-6-8-14(9-13)19-15-11(2)17-18(5)12(15)3/h6-10,16H,1-5H3. The highest BCUT2D eigenvalue weighted by atomic mass is 16.5. The lowest BCUT2D eigenvalue weighted by atomic mass is 10.1. The first kappa shape index (κ1) is 13.6. The van der Waals surface area contributed by atoms with Gasteiger partial charge in [-0.25, -0.2) is 0 Å². The predicted molar refractivity (Wildman–Crippen MR) is 76.7 cm³/mol. The molecule has 1 aromatic heterocycles. The van der Waals surface area contributed by atoms with Crippen LogP contribution in [0.3, 0.4) is 0 Å². The van der Waals surface area contributed by atoms with Crippen molar-refractivity contribution in [2.45, 2.75) is 26.8 Å². The first-order valence-corrected chi connectivity index (χ1v) is 6.48. The zero-order chi connectivity index (χ0) is 14.0. The van der Waals surface area contributed by atoms with Gasteiger partial charge in [0.05, 0.1) is 5.69 Å². The number of benzene rings is 1. The van der Waals surface area contributed by atoms with E-state index in [-0.39, 0.29) is 0 Å². The third kappa shape index (κ3) is 2.79. The average molecular weight is 259 g/mol. The molecule has 1 aromatic carbocycles. The number of aryl methyl sites for hydroxylation is 2. The van der Waals surface area contributed by atoms with Gasteiger partial charge in [0.25, 0.3) is 0 Å². The molecule has 2 rings (SSSR count). The molecule has 102 valence electrons. The van der Waals surface area contributed by atoms with Crippen molar-refractivity contribution >= 4 is 0 Å². The summed E-state index contributed by atoms with van der Waals surface area (Å²) in [5.41, 5.74) is 3.15. The van der Waals surface area contributed by atoms with Gasteiger partial charge < -0.3 is 10.1 Å². The molecular formula is C15H21N3O. The highest BCUT2D eigenvalue weighted by Crippen LogP contribution is 2.29. The van der Waals surface area contributed by atoms with Crippen LogP contribution in [0.5, 0.6) is 11.5 Å². The fraction of sp³-hybridized carbons (Fsp3) is 0.400. The molecule has 2 aromatic rings. The lowest BCUT2D eigenvalue weighted by Gasteiger charge is -2.12. The van der Waals surface area contributed by atoms with Crippen LogP contribution in [0.25, 0.3) is 0 Å². The monoisotopic (exact) mass is 259 g/mol. The van der Waals surface area contributed by atoms with E-state index < -0.39 is 0 Å². The minimum atomic E-state index is 0.305. The Kier molecular flexibility index (Phi) is 3.90. The molecule has 1 atom stereocenters. The van der Waals surface area contributed by atoms with E-state index in [0.29, 0.717) is 6.04 Å². The molecule has 1 unspecified atom stereocenters. The topological polar surface area (TPSA) is 39.1 Å². The van der Waals surface area contributed by atoms with Crippen molar-refractivity contribution in [2.75, 3.05) is 7.05 Å². The molecule has 1 heterocycles. The molecule has 0 bridgehead atoms. The van der Waals surface area contributed by atoms with Crippen LogP contribution >= 0.6 is 0 Å². The van der Waals surface area contributed by atoms with E-state index in [2.05, 4.69) is 29.5 Å². The van der Waals surface area contributed by atoms with Crippen LogP contribution in [0.1, 0.15) is 29.9 Å². The summed E-state index contributed by atoms with van der Waals surface area (Å²) in [5.74, 6) is 1.69. The summed E-state index contributed by atoms with van der Waals surface area (Å²) in [7, 11) is 3.88. The van der Waals surface area contributed by atoms with Crippen molar-refractivity contribution in [3.05, 3.63) is 41.2 Å². The van der Waals surface area contributed by atoms with Crippen LogP contribution in [0, 0.1) is 13.8 Å². The lowest BCUT2D eigenvalue weighted by Crippen LogP contribution is -2.12. The molecule has 0 aliphatic rings. The van der Waals surface area contributed by atoms with E-state index in [4.69, 9.17) is 4.74 Å². The van der Waals surface area contributed by atoms with Gasteiger partial charge >= 0.3 is 0 Å². The van der Waals surface area contributed by atoms with Crippen LogP contribution < -0.4 is 10.1 Å². The van der Waals surface area contributed by atoms with Crippen LogP contribution in [0.15, 0.2) is 24.3 Å². The summed E-state index contributed by atoms with van der Waals surface area (Å²) in [6.45, 7) is 6.09. The first-order chi connectivity index (χ1) is 9.02. The van der Waals surface area contributed by atoms with Gasteiger partial charge in [0.2, 0.25) is 0 Å². The highest BCUT2D eigenvalue weighted by Gasteiger charge is 2.12. The molecule has 19 heavy (non-hydrogen) atoms. The maximum absolute atomic E-state index is 5.98.